The molecule has 3 rings (SSSR count). The van der Waals surface area contributed by atoms with E-state index in [0.29, 0.717) is 19.0 Å². The molecule has 0 radical (unpaired) electrons. The lowest BCUT2D eigenvalue weighted by molar-refractivity contribution is -0.141. The van der Waals surface area contributed by atoms with E-state index in [1.165, 1.54) is 10.8 Å². The molecule has 9 heteroatoms. The lowest BCUT2D eigenvalue weighted by Crippen LogP contribution is -2.34. The Morgan fingerprint density at radius 2 is 2.23 bits per heavy atom. The zero-order chi connectivity index (χ0) is 15.7. The first-order valence-corrected chi connectivity index (χ1v) is 7.06. The number of ether oxygens (including phenoxy) is 1. The van der Waals surface area contributed by atoms with Crippen molar-refractivity contribution in [3.05, 3.63) is 18.1 Å². The molecule has 0 aliphatic carbocycles. The number of nitrogens with zero attached hydrogens (tertiary/aromatic N) is 5. The van der Waals surface area contributed by atoms with Gasteiger partial charge >= 0.3 is 6.18 Å². The first kappa shape index (κ1) is 15.0. The molecule has 0 N–H and O–H groups in total. The molecule has 1 aliphatic rings. The number of rotatable bonds is 3. The molecule has 1 aliphatic heterocycles. The summed E-state index contributed by atoms with van der Waals surface area (Å²) in [5.74, 6) is 0.227. The minimum absolute atomic E-state index is 0.0137. The third-order valence-corrected chi connectivity index (χ3v) is 3.67. The Kier molecular flexibility index (Phi) is 3.90. The summed E-state index contributed by atoms with van der Waals surface area (Å²) < 4.78 is 45.8. The summed E-state index contributed by atoms with van der Waals surface area (Å²) in [7, 11) is 1.72. The van der Waals surface area contributed by atoms with Crippen molar-refractivity contribution in [1.82, 2.24) is 19.6 Å². The number of fused-ring (bicyclic) bond motifs is 1. The average Bonchev–Trinajstić information content (AvgIpc) is 2.94. The van der Waals surface area contributed by atoms with Crippen molar-refractivity contribution in [2.75, 3.05) is 25.1 Å². The predicted octanol–water partition coefficient (Wildman–Crippen LogP) is 2.15. The van der Waals surface area contributed by atoms with E-state index in [9.17, 15) is 13.2 Å². The summed E-state index contributed by atoms with van der Waals surface area (Å²) in [6.07, 6.45) is -0.314. The van der Waals surface area contributed by atoms with Crippen LogP contribution in [0.2, 0.25) is 0 Å². The van der Waals surface area contributed by atoms with Gasteiger partial charge in [-0.05, 0) is 19.3 Å². The highest BCUT2D eigenvalue weighted by Crippen LogP contribution is 2.30. The van der Waals surface area contributed by atoms with Gasteiger partial charge in [0.2, 0.25) is 0 Å². The molecule has 0 amide bonds. The van der Waals surface area contributed by atoms with Gasteiger partial charge < -0.3 is 9.64 Å². The van der Waals surface area contributed by atoms with E-state index in [2.05, 4.69) is 15.1 Å². The molecule has 2 aromatic rings. The smallest absolute Gasteiger partial charge is 0.376 e. The highest BCUT2D eigenvalue weighted by Gasteiger charge is 2.34. The van der Waals surface area contributed by atoms with E-state index >= 15 is 0 Å². The molecule has 1 atom stereocenters. The van der Waals surface area contributed by atoms with E-state index in [0.717, 1.165) is 25.3 Å². The Bertz CT molecular complexity index is 651. The van der Waals surface area contributed by atoms with Crippen LogP contribution in [0.25, 0.3) is 5.78 Å². The summed E-state index contributed by atoms with van der Waals surface area (Å²) >= 11 is 0. The molecule has 1 fully saturated rings. The van der Waals surface area contributed by atoms with Gasteiger partial charge in [0.1, 0.15) is 12.1 Å². The maximum atomic E-state index is 13.0. The van der Waals surface area contributed by atoms with Crippen LogP contribution in [0, 0.1) is 0 Å². The van der Waals surface area contributed by atoms with Crippen LogP contribution < -0.4 is 4.90 Å². The summed E-state index contributed by atoms with van der Waals surface area (Å²) in [6, 6.07) is 0.991. The normalized spacial score (nSPS) is 19.5. The lowest BCUT2D eigenvalue weighted by Gasteiger charge is -2.28. The first-order chi connectivity index (χ1) is 10.4. The minimum Gasteiger partial charge on any atom is -0.376 e. The maximum Gasteiger partial charge on any atom is 0.433 e. The zero-order valence-electron chi connectivity index (χ0n) is 12.0. The van der Waals surface area contributed by atoms with Crippen molar-refractivity contribution in [1.29, 1.82) is 0 Å². The predicted molar refractivity (Wildman–Crippen MR) is 72.6 cm³/mol. The number of aromatic nitrogens is 4. The first-order valence-electron chi connectivity index (χ1n) is 7.06. The second kappa shape index (κ2) is 5.71. The number of hydrogen-bond acceptors (Lipinski definition) is 5. The fourth-order valence-electron chi connectivity index (χ4n) is 2.56. The van der Waals surface area contributed by atoms with Crippen molar-refractivity contribution < 1.29 is 17.9 Å². The molecule has 0 bridgehead atoms. The molecule has 0 saturated carbocycles. The number of likely N-dealkylation sites (N-methyl/N-ethyl adjacent to an activating group) is 1. The van der Waals surface area contributed by atoms with E-state index in [-0.39, 0.29) is 11.9 Å². The van der Waals surface area contributed by atoms with Gasteiger partial charge in [-0.15, -0.1) is 0 Å². The highest BCUT2D eigenvalue weighted by atomic mass is 19.4. The van der Waals surface area contributed by atoms with Crippen molar-refractivity contribution in [3.8, 4) is 0 Å². The Morgan fingerprint density at radius 1 is 1.41 bits per heavy atom. The minimum atomic E-state index is -4.52. The molecule has 1 saturated heterocycles. The average molecular weight is 315 g/mol. The van der Waals surface area contributed by atoms with Gasteiger partial charge in [0.25, 0.3) is 5.78 Å². The van der Waals surface area contributed by atoms with E-state index in [1.54, 1.807) is 11.9 Å². The van der Waals surface area contributed by atoms with Gasteiger partial charge in [0, 0.05) is 26.3 Å². The van der Waals surface area contributed by atoms with Crippen LogP contribution in [0.15, 0.2) is 12.4 Å². The number of alkyl halides is 3. The van der Waals surface area contributed by atoms with Crippen LogP contribution in [0.3, 0.4) is 0 Å². The molecule has 120 valence electrons. The summed E-state index contributed by atoms with van der Waals surface area (Å²) in [4.78, 5) is 8.97. The van der Waals surface area contributed by atoms with Crippen molar-refractivity contribution in [3.63, 3.8) is 0 Å². The number of anilines is 1. The molecule has 6 nitrogen and oxygen atoms in total. The third kappa shape index (κ3) is 2.99. The fraction of sp³-hybridized carbons (Fsp3) is 0.615. The molecule has 0 aromatic carbocycles. The molecule has 1 unspecified atom stereocenters. The van der Waals surface area contributed by atoms with Crippen LogP contribution in [0.1, 0.15) is 25.0 Å². The Hall–Kier alpha value is -1.90. The van der Waals surface area contributed by atoms with Gasteiger partial charge in [-0.3, -0.25) is 0 Å². The molecule has 22 heavy (non-hydrogen) atoms. The van der Waals surface area contributed by atoms with Gasteiger partial charge in [-0.2, -0.15) is 27.8 Å². The molecule has 3 heterocycles. The van der Waals surface area contributed by atoms with Gasteiger partial charge in [-0.25, -0.2) is 4.98 Å². The summed E-state index contributed by atoms with van der Waals surface area (Å²) in [5, 5.41) is 3.95. The molecule has 0 spiro atoms. The quantitative estimate of drug-likeness (QED) is 0.869. The van der Waals surface area contributed by atoms with Crippen LogP contribution in [0.4, 0.5) is 19.0 Å². The Labute approximate surface area is 124 Å². The molecule has 2 aromatic heterocycles. The van der Waals surface area contributed by atoms with Gasteiger partial charge in [0.05, 0.1) is 6.10 Å². The van der Waals surface area contributed by atoms with Crippen molar-refractivity contribution >= 4 is 11.6 Å². The van der Waals surface area contributed by atoms with Crippen LogP contribution in [0.5, 0.6) is 0 Å². The largest absolute Gasteiger partial charge is 0.433 e. The Balaban J connectivity index is 1.92. The van der Waals surface area contributed by atoms with E-state index in [4.69, 9.17) is 4.74 Å². The fourth-order valence-corrected chi connectivity index (χ4v) is 2.56. The lowest BCUT2D eigenvalue weighted by atomic mass is 10.1. The van der Waals surface area contributed by atoms with Gasteiger partial charge in [-0.1, -0.05) is 0 Å². The molecular formula is C13H16F3N5O. The molecular weight excluding hydrogens is 299 g/mol. The second-order valence-electron chi connectivity index (χ2n) is 5.34. The van der Waals surface area contributed by atoms with E-state index < -0.39 is 11.9 Å². The standard InChI is InChI=1S/C13H16F3N5O/c1-20(7-9-4-2-3-5-22-9)11-6-10(13(14,15)16)19-12-17-8-18-21(11)12/h6,8-9H,2-5,7H2,1H3. The monoisotopic (exact) mass is 315 g/mol. The summed E-state index contributed by atoms with van der Waals surface area (Å²) in [6.45, 7) is 1.19. The number of hydrogen-bond donors (Lipinski definition) is 0. The van der Waals surface area contributed by atoms with Crippen LogP contribution >= 0.6 is 0 Å². The van der Waals surface area contributed by atoms with Crippen LogP contribution in [-0.4, -0.2) is 45.9 Å². The van der Waals surface area contributed by atoms with Gasteiger partial charge in [0.15, 0.2) is 5.69 Å². The third-order valence-electron chi connectivity index (χ3n) is 3.67. The van der Waals surface area contributed by atoms with Crippen molar-refractivity contribution in [2.24, 2.45) is 0 Å². The zero-order valence-corrected chi connectivity index (χ0v) is 12.0. The Morgan fingerprint density at radius 3 is 2.91 bits per heavy atom. The second-order valence-corrected chi connectivity index (χ2v) is 5.34. The van der Waals surface area contributed by atoms with Crippen molar-refractivity contribution in [2.45, 2.75) is 31.5 Å². The summed E-state index contributed by atoms with van der Waals surface area (Å²) in [5.41, 5.74) is -0.973. The topological polar surface area (TPSA) is 55.5 Å². The van der Waals surface area contributed by atoms with E-state index in [1.807, 2.05) is 0 Å². The SMILES string of the molecule is CN(CC1CCCCO1)c1cc(C(F)(F)F)nc2ncnn12. The maximum absolute atomic E-state index is 13.0. The van der Waals surface area contributed by atoms with Crippen LogP contribution in [-0.2, 0) is 10.9 Å². The number of halogens is 3. The highest BCUT2D eigenvalue weighted by molar-refractivity contribution is 5.47.